The molecule has 6 aliphatic rings. The van der Waals surface area contributed by atoms with E-state index in [1.807, 2.05) is 0 Å². The summed E-state index contributed by atoms with van der Waals surface area (Å²) in [6.45, 7) is 6.04. The lowest BCUT2D eigenvalue weighted by atomic mass is 9.53. The average Bonchev–Trinajstić information content (AvgIpc) is 3.39. The first-order valence-corrected chi connectivity index (χ1v) is 25.8. The molecule has 0 saturated carbocycles. The normalized spacial score (nSPS) is 17.0. The third-order valence-electron chi connectivity index (χ3n) is 15.2. The van der Waals surface area contributed by atoms with Crippen LogP contribution in [0.5, 0.6) is 11.5 Å². The summed E-state index contributed by atoms with van der Waals surface area (Å²) in [5, 5.41) is 0. The molecule has 13 rings (SSSR count). The van der Waals surface area contributed by atoms with Gasteiger partial charge in [0.25, 0.3) is 0 Å². The van der Waals surface area contributed by atoms with Crippen LogP contribution in [0.1, 0.15) is 204 Å². The van der Waals surface area contributed by atoms with E-state index in [-0.39, 0.29) is 23.7 Å². The van der Waals surface area contributed by atoms with E-state index in [1.165, 1.54) is 142 Å². The van der Waals surface area contributed by atoms with Gasteiger partial charge in [0, 0.05) is 45.9 Å². The van der Waals surface area contributed by atoms with Crippen molar-refractivity contribution in [3.05, 3.63) is 235 Å². The van der Waals surface area contributed by atoms with Crippen LogP contribution in [-0.4, -0.2) is 13.2 Å². The van der Waals surface area contributed by atoms with Gasteiger partial charge >= 0.3 is 0 Å². The smallest absolute Gasteiger partial charge is 0.119 e. The first kappa shape index (κ1) is 43.8. The van der Waals surface area contributed by atoms with E-state index in [0.29, 0.717) is 0 Å². The maximum atomic E-state index is 6.22. The van der Waals surface area contributed by atoms with Crippen molar-refractivity contribution in [2.75, 3.05) is 13.2 Å². The fourth-order valence-corrected chi connectivity index (χ4v) is 12.0. The van der Waals surface area contributed by atoms with Crippen LogP contribution in [0.15, 0.2) is 146 Å². The van der Waals surface area contributed by atoms with Gasteiger partial charge in [0.2, 0.25) is 0 Å². The first-order chi connectivity index (χ1) is 33.7. The standard InChI is InChI=1S/C66H62O2/c1-3-5-7-9-11-21-43-67-47-37-31-45(32-38-47)35-41-57-63-59-49-23-13-17-27-53(49)61(54-28-18-14-24-50(54)59)65(63)58(42-36-46-33-39-48(40-34-46)68-44-22-12-10-8-6-4-2)66-62-55-29-19-15-25-51(55)60(64(57)66)52-26-16-20-30-56(52)62/h13-20,23-34,37-40,59-62H,3-12,21-22,43-44H2,1-2H3. The van der Waals surface area contributed by atoms with Gasteiger partial charge in [0.05, 0.1) is 13.2 Å². The van der Waals surface area contributed by atoms with Crippen LogP contribution in [0.4, 0.5) is 0 Å². The van der Waals surface area contributed by atoms with Crippen molar-refractivity contribution in [3.63, 3.8) is 0 Å². The van der Waals surface area contributed by atoms with Crippen LogP contribution in [-0.2, 0) is 0 Å². The van der Waals surface area contributed by atoms with Crippen molar-refractivity contribution < 1.29 is 9.47 Å². The minimum absolute atomic E-state index is 0.0318. The molecule has 0 atom stereocenters. The Hall–Kier alpha value is -6.74. The monoisotopic (exact) mass is 886 g/mol. The molecule has 6 aliphatic carbocycles. The molecule has 0 aliphatic heterocycles. The molecule has 2 heteroatoms. The number of rotatable bonds is 16. The van der Waals surface area contributed by atoms with Gasteiger partial charge in [-0.05, 0) is 128 Å². The molecule has 0 saturated heterocycles. The number of hydrogen-bond donors (Lipinski definition) is 0. The summed E-state index contributed by atoms with van der Waals surface area (Å²) in [5.41, 5.74) is 20.8. The lowest BCUT2D eigenvalue weighted by Crippen LogP contribution is -2.35. The SMILES string of the molecule is CCCCCCCCOc1ccc(C#Cc2c3c(c(C#Cc4ccc(OCCCCCCCC)cc4)c4c2C2c5ccccc5C4c4ccccc42)C2c4ccccc4C3c3ccccc32)cc1. The number of ether oxygens (including phenoxy) is 2. The first-order valence-electron chi connectivity index (χ1n) is 25.8. The summed E-state index contributed by atoms with van der Waals surface area (Å²) >= 11 is 0. The van der Waals surface area contributed by atoms with Crippen LogP contribution >= 0.6 is 0 Å². The summed E-state index contributed by atoms with van der Waals surface area (Å²) in [5.74, 6) is 17.5. The summed E-state index contributed by atoms with van der Waals surface area (Å²) in [6.07, 6.45) is 15.0. The zero-order chi connectivity index (χ0) is 45.8. The van der Waals surface area contributed by atoms with Crippen molar-refractivity contribution in [2.45, 2.75) is 115 Å². The van der Waals surface area contributed by atoms with Gasteiger partial charge in [-0.25, -0.2) is 0 Å². The van der Waals surface area contributed by atoms with Crippen LogP contribution in [0.2, 0.25) is 0 Å². The Morgan fingerprint density at radius 2 is 0.574 bits per heavy atom. The van der Waals surface area contributed by atoms with Gasteiger partial charge < -0.3 is 9.47 Å². The Kier molecular flexibility index (Phi) is 12.8. The highest BCUT2D eigenvalue weighted by molar-refractivity contribution is 5.82. The van der Waals surface area contributed by atoms with Gasteiger partial charge in [-0.2, -0.15) is 0 Å². The second-order valence-corrected chi connectivity index (χ2v) is 19.4. The Bertz CT molecular complexity index is 2640. The fourth-order valence-electron chi connectivity index (χ4n) is 12.0. The molecule has 68 heavy (non-hydrogen) atoms. The van der Waals surface area contributed by atoms with Crippen molar-refractivity contribution in [3.8, 4) is 35.2 Å². The highest BCUT2D eigenvalue weighted by Crippen LogP contribution is 2.64. The van der Waals surface area contributed by atoms with E-state index in [2.05, 4.69) is 183 Å². The van der Waals surface area contributed by atoms with E-state index < -0.39 is 0 Å². The quantitative estimate of drug-likeness (QED) is 0.0711. The maximum Gasteiger partial charge on any atom is 0.119 e. The maximum absolute atomic E-state index is 6.22. The molecule has 0 spiro atoms. The summed E-state index contributed by atoms with van der Waals surface area (Å²) in [6, 6.07) is 53.6. The van der Waals surface area contributed by atoms with Gasteiger partial charge in [-0.1, -0.05) is 199 Å². The number of hydrogen-bond acceptors (Lipinski definition) is 2. The lowest BCUT2D eigenvalue weighted by molar-refractivity contribution is 0.304. The van der Waals surface area contributed by atoms with E-state index in [4.69, 9.17) is 9.47 Å². The van der Waals surface area contributed by atoms with Gasteiger partial charge in [0.15, 0.2) is 0 Å². The predicted octanol–water partition coefficient (Wildman–Crippen LogP) is 15.9. The second kappa shape index (κ2) is 19.8. The molecule has 0 amide bonds. The Morgan fingerprint density at radius 1 is 0.309 bits per heavy atom. The molecule has 7 aromatic carbocycles. The zero-order valence-corrected chi connectivity index (χ0v) is 39.9. The number of benzene rings is 7. The molecule has 7 aromatic rings. The fraction of sp³-hybridized carbons (Fsp3) is 0.303. The van der Waals surface area contributed by atoms with Crippen molar-refractivity contribution in [1.82, 2.24) is 0 Å². The molecule has 0 N–H and O–H groups in total. The van der Waals surface area contributed by atoms with Crippen LogP contribution in [0, 0.1) is 23.7 Å². The molecule has 2 nitrogen and oxygen atoms in total. The molecule has 4 bridgehead atoms. The van der Waals surface area contributed by atoms with E-state index in [1.54, 1.807) is 0 Å². The van der Waals surface area contributed by atoms with Crippen LogP contribution < -0.4 is 9.47 Å². The second-order valence-electron chi connectivity index (χ2n) is 19.4. The van der Waals surface area contributed by atoms with Gasteiger partial charge in [-0.3, -0.25) is 0 Å². The topological polar surface area (TPSA) is 18.5 Å². The number of unbranched alkanes of at least 4 members (excludes halogenated alkanes) is 10. The van der Waals surface area contributed by atoms with Crippen LogP contribution in [0.3, 0.4) is 0 Å². The highest BCUT2D eigenvalue weighted by Gasteiger charge is 2.50. The predicted molar refractivity (Wildman–Crippen MR) is 279 cm³/mol. The molecular weight excluding hydrogens is 825 g/mol. The van der Waals surface area contributed by atoms with Gasteiger partial charge in [-0.15, -0.1) is 0 Å². The zero-order valence-electron chi connectivity index (χ0n) is 39.9. The van der Waals surface area contributed by atoms with Crippen molar-refractivity contribution in [2.24, 2.45) is 0 Å². The van der Waals surface area contributed by atoms with Gasteiger partial charge in [0.1, 0.15) is 11.5 Å². The molecule has 0 heterocycles. The largest absolute Gasteiger partial charge is 0.494 e. The Balaban J connectivity index is 1.05. The minimum atomic E-state index is 0.0318. The molecule has 0 unspecified atom stereocenters. The van der Waals surface area contributed by atoms with E-state index in [9.17, 15) is 0 Å². The Morgan fingerprint density at radius 3 is 0.853 bits per heavy atom. The molecule has 0 aromatic heterocycles. The third-order valence-corrected chi connectivity index (χ3v) is 15.2. The summed E-state index contributed by atoms with van der Waals surface area (Å²) in [7, 11) is 0. The van der Waals surface area contributed by atoms with E-state index in [0.717, 1.165) is 48.7 Å². The minimum Gasteiger partial charge on any atom is -0.494 e. The summed E-state index contributed by atoms with van der Waals surface area (Å²) in [4.78, 5) is 0. The van der Waals surface area contributed by atoms with Crippen LogP contribution in [0.25, 0.3) is 0 Å². The average molecular weight is 887 g/mol. The molecule has 0 radical (unpaired) electrons. The lowest BCUT2D eigenvalue weighted by Gasteiger charge is -2.48. The third kappa shape index (κ3) is 8.13. The summed E-state index contributed by atoms with van der Waals surface area (Å²) < 4.78 is 12.4. The van der Waals surface area contributed by atoms with E-state index >= 15 is 0 Å². The molecular formula is C66H62O2. The molecule has 338 valence electrons. The Labute approximate surface area is 405 Å². The van der Waals surface area contributed by atoms with Crippen molar-refractivity contribution >= 4 is 0 Å². The highest BCUT2D eigenvalue weighted by atomic mass is 16.5. The van der Waals surface area contributed by atoms with Crippen molar-refractivity contribution in [1.29, 1.82) is 0 Å². The molecule has 0 fully saturated rings.